The normalized spacial score (nSPS) is 10.5. The van der Waals surface area contributed by atoms with Gasteiger partial charge in [0.05, 0.1) is 16.3 Å². The highest BCUT2D eigenvalue weighted by Crippen LogP contribution is 2.25. The number of carbonyl (C=O) groups is 1. The molecular formula is C17H13ClN2O. The van der Waals surface area contributed by atoms with Gasteiger partial charge in [0.15, 0.2) is 0 Å². The average molecular weight is 297 g/mol. The number of nitrogens with one attached hydrogen (secondary N) is 1. The molecule has 0 aliphatic carbocycles. The number of halogens is 1. The van der Waals surface area contributed by atoms with Crippen LogP contribution in [0, 0.1) is 0 Å². The molecule has 0 spiro atoms. The number of amides is 1. The lowest BCUT2D eigenvalue weighted by Gasteiger charge is -2.09. The van der Waals surface area contributed by atoms with Crippen LogP contribution in [0.3, 0.4) is 0 Å². The summed E-state index contributed by atoms with van der Waals surface area (Å²) in [5.74, 6) is -0.275. The van der Waals surface area contributed by atoms with Crippen LogP contribution in [0.1, 0.15) is 10.4 Å². The summed E-state index contributed by atoms with van der Waals surface area (Å²) in [7, 11) is 0. The Hall–Kier alpha value is -2.52. The molecule has 3 N–H and O–H groups in total. The minimum Gasteiger partial charge on any atom is -0.398 e. The summed E-state index contributed by atoms with van der Waals surface area (Å²) < 4.78 is 0. The van der Waals surface area contributed by atoms with Crippen molar-refractivity contribution in [1.82, 2.24) is 0 Å². The van der Waals surface area contributed by atoms with Gasteiger partial charge in [0.2, 0.25) is 0 Å². The maximum atomic E-state index is 12.3. The van der Waals surface area contributed by atoms with Gasteiger partial charge in [-0.2, -0.15) is 0 Å². The molecular weight excluding hydrogens is 284 g/mol. The van der Waals surface area contributed by atoms with Crippen molar-refractivity contribution < 1.29 is 4.79 Å². The Morgan fingerprint density at radius 1 is 0.952 bits per heavy atom. The van der Waals surface area contributed by atoms with E-state index in [9.17, 15) is 4.79 Å². The first-order valence-corrected chi connectivity index (χ1v) is 6.87. The molecule has 104 valence electrons. The van der Waals surface area contributed by atoms with Gasteiger partial charge < -0.3 is 11.1 Å². The number of hydrogen-bond acceptors (Lipinski definition) is 2. The zero-order valence-corrected chi connectivity index (χ0v) is 11.9. The summed E-state index contributed by atoms with van der Waals surface area (Å²) >= 11 is 6.06. The molecule has 0 aliphatic heterocycles. The lowest BCUT2D eigenvalue weighted by molar-refractivity contribution is 0.102. The Labute approximate surface area is 127 Å². The van der Waals surface area contributed by atoms with Gasteiger partial charge in [-0.3, -0.25) is 4.79 Å². The van der Waals surface area contributed by atoms with Crippen LogP contribution >= 0.6 is 11.6 Å². The second-order valence-electron chi connectivity index (χ2n) is 4.72. The minimum atomic E-state index is -0.275. The Morgan fingerprint density at radius 2 is 1.71 bits per heavy atom. The van der Waals surface area contributed by atoms with Gasteiger partial charge in [-0.1, -0.05) is 48.0 Å². The fourth-order valence-corrected chi connectivity index (χ4v) is 2.40. The van der Waals surface area contributed by atoms with Crippen LogP contribution in [-0.2, 0) is 0 Å². The van der Waals surface area contributed by atoms with E-state index in [1.54, 1.807) is 18.2 Å². The molecule has 0 aromatic heterocycles. The molecule has 3 aromatic carbocycles. The second-order valence-corrected chi connectivity index (χ2v) is 5.10. The van der Waals surface area contributed by atoms with E-state index in [1.807, 2.05) is 42.5 Å². The summed E-state index contributed by atoms with van der Waals surface area (Å²) in [6.45, 7) is 0. The SMILES string of the molecule is Nc1cccc(C(=O)Nc2ccc3ccccc3c2)c1Cl. The summed E-state index contributed by atoms with van der Waals surface area (Å²) in [5, 5.41) is 5.30. The Balaban J connectivity index is 1.91. The standard InChI is InChI=1S/C17H13ClN2O/c18-16-14(6-3-7-15(16)19)17(21)20-13-9-8-11-4-1-2-5-12(11)10-13/h1-10H,19H2,(H,20,21). The number of fused-ring (bicyclic) bond motifs is 1. The van der Waals surface area contributed by atoms with E-state index < -0.39 is 0 Å². The number of anilines is 2. The molecule has 0 atom stereocenters. The monoisotopic (exact) mass is 296 g/mol. The Kier molecular flexibility index (Phi) is 3.50. The van der Waals surface area contributed by atoms with Gasteiger partial charge in [0.1, 0.15) is 0 Å². The third-order valence-electron chi connectivity index (χ3n) is 3.28. The van der Waals surface area contributed by atoms with Gasteiger partial charge in [-0.25, -0.2) is 0 Å². The molecule has 3 rings (SSSR count). The summed E-state index contributed by atoms with van der Waals surface area (Å²) in [5.41, 5.74) is 7.19. The van der Waals surface area contributed by atoms with E-state index in [0.717, 1.165) is 16.5 Å². The molecule has 0 bridgehead atoms. The molecule has 1 amide bonds. The number of nitrogen functional groups attached to an aromatic ring is 1. The smallest absolute Gasteiger partial charge is 0.257 e. The van der Waals surface area contributed by atoms with Crippen molar-refractivity contribution in [2.24, 2.45) is 0 Å². The van der Waals surface area contributed by atoms with Gasteiger partial charge >= 0.3 is 0 Å². The van der Waals surface area contributed by atoms with Crippen LogP contribution < -0.4 is 11.1 Å². The first-order chi connectivity index (χ1) is 10.1. The van der Waals surface area contributed by atoms with E-state index >= 15 is 0 Å². The van der Waals surface area contributed by atoms with Gasteiger partial charge in [-0.15, -0.1) is 0 Å². The highest BCUT2D eigenvalue weighted by molar-refractivity contribution is 6.36. The Bertz CT molecular complexity index is 830. The van der Waals surface area contributed by atoms with Crippen LogP contribution in [0.15, 0.2) is 60.7 Å². The fraction of sp³-hybridized carbons (Fsp3) is 0. The van der Waals surface area contributed by atoms with Crippen molar-refractivity contribution in [3.63, 3.8) is 0 Å². The number of nitrogens with two attached hydrogens (primary N) is 1. The quantitative estimate of drug-likeness (QED) is 0.692. The van der Waals surface area contributed by atoms with E-state index in [4.69, 9.17) is 17.3 Å². The lowest BCUT2D eigenvalue weighted by atomic mass is 10.1. The van der Waals surface area contributed by atoms with E-state index in [-0.39, 0.29) is 10.9 Å². The van der Waals surface area contributed by atoms with Crippen molar-refractivity contribution in [2.45, 2.75) is 0 Å². The van der Waals surface area contributed by atoms with Crippen molar-refractivity contribution in [3.8, 4) is 0 Å². The molecule has 0 radical (unpaired) electrons. The molecule has 21 heavy (non-hydrogen) atoms. The summed E-state index contributed by atoms with van der Waals surface area (Å²) in [6.07, 6.45) is 0. The zero-order chi connectivity index (χ0) is 14.8. The third kappa shape index (κ3) is 2.69. The van der Waals surface area contributed by atoms with Crippen LogP contribution in [0.4, 0.5) is 11.4 Å². The number of hydrogen-bond donors (Lipinski definition) is 2. The second kappa shape index (κ2) is 5.46. The van der Waals surface area contributed by atoms with Crippen LogP contribution in [0.2, 0.25) is 5.02 Å². The maximum Gasteiger partial charge on any atom is 0.257 e. The zero-order valence-electron chi connectivity index (χ0n) is 11.1. The predicted molar refractivity (Wildman–Crippen MR) is 87.8 cm³/mol. The van der Waals surface area contributed by atoms with E-state index in [0.29, 0.717) is 11.3 Å². The van der Waals surface area contributed by atoms with Gasteiger partial charge in [-0.05, 0) is 35.0 Å². The maximum absolute atomic E-state index is 12.3. The summed E-state index contributed by atoms with van der Waals surface area (Å²) in [4.78, 5) is 12.3. The topological polar surface area (TPSA) is 55.1 Å². The molecule has 0 saturated heterocycles. The highest BCUT2D eigenvalue weighted by atomic mass is 35.5. The van der Waals surface area contributed by atoms with E-state index in [1.165, 1.54) is 0 Å². The molecule has 3 aromatic rings. The number of carbonyl (C=O) groups excluding carboxylic acids is 1. The van der Waals surface area contributed by atoms with Crippen LogP contribution in [0.5, 0.6) is 0 Å². The molecule has 3 nitrogen and oxygen atoms in total. The lowest BCUT2D eigenvalue weighted by Crippen LogP contribution is -2.13. The predicted octanol–water partition coefficient (Wildman–Crippen LogP) is 4.33. The summed E-state index contributed by atoms with van der Waals surface area (Å²) in [6, 6.07) is 18.7. The van der Waals surface area contributed by atoms with E-state index in [2.05, 4.69) is 5.32 Å². The van der Waals surface area contributed by atoms with Crippen LogP contribution in [0.25, 0.3) is 10.8 Å². The van der Waals surface area contributed by atoms with Crippen LogP contribution in [-0.4, -0.2) is 5.91 Å². The number of benzene rings is 3. The first-order valence-electron chi connectivity index (χ1n) is 6.49. The molecule has 0 heterocycles. The van der Waals surface area contributed by atoms with Crippen molar-refractivity contribution >= 4 is 39.7 Å². The van der Waals surface area contributed by atoms with Crippen molar-refractivity contribution in [1.29, 1.82) is 0 Å². The molecule has 0 aliphatic rings. The minimum absolute atomic E-state index is 0.274. The Morgan fingerprint density at radius 3 is 2.52 bits per heavy atom. The fourth-order valence-electron chi connectivity index (χ4n) is 2.19. The third-order valence-corrected chi connectivity index (χ3v) is 3.70. The van der Waals surface area contributed by atoms with Crippen molar-refractivity contribution in [2.75, 3.05) is 11.1 Å². The largest absolute Gasteiger partial charge is 0.398 e. The molecule has 0 fully saturated rings. The molecule has 0 unspecified atom stereocenters. The molecule has 0 saturated carbocycles. The first kappa shape index (κ1) is 13.5. The molecule has 4 heteroatoms. The number of rotatable bonds is 2. The van der Waals surface area contributed by atoms with Gasteiger partial charge in [0, 0.05) is 5.69 Å². The van der Waals surface area contributed by atoms with Gasteiger partial charge in [0.25, 0.3) is 5.91 Å². The highest BCUT2D eigenvalue weighted by Gasteiger charge is 2.12. The van der Waals surface area contributed by atoms with Crippen molar-refractivity contribution in [3.05, 3.63) is 71.2 Å². The average Bonchev–Trinajstić information content (AvgIpc) is 2.50.